The highest BCUT2D eigenvalue weighted by atomic mass is 16.1. The molecule has 0 aliphatic heterocycles. The molecular weight excluding hydrogens is 516 g/mol. The van der Waals surface area contributed by atoms with Gasteiger partial charge in [-0.2, -0.15) is 4.98 Å². The van der Waals surface area contributed by atoms with Crippen LogP contribution in [0.5, 0.6) is 0 Å². The summed E-state index contributed by atoms with van der Waals surface area (Å²) in [4.78, 5) is 43.6. The molecule has 0 atom stereocenters. The third kappa shape index (κ3) is 6.27. The highest BCUT2D eigenvalue weighted by Gasteiger charge is 2.15. The van der Waals surface area contributed by atoms with Gasteiger partial charge in [0.25, 0.3) is 5.56 Å². The van der Waals surface area contributed by atoms with Crippen LogP contribution in [0.2, 0.25) is 0 Å². The fourth-order valence-corrected chi connectivity index (χ4v) is 4.61. The lowest BCUT2D eigenvalue weighted by Crippen LogP contribution is -2.25. The van der Waals surface area contributed by atoms with Crippen molar-refractivity contribution in [1.29, 1.82) is 0 Å². The summed E-state index contributed by atoms with van der Waals surface area (Å²) in [6.45, 7) is 4.25. The number of pyridine rings is 1. The molecule has 1 amide bonds. The van der Waals surface area contributed by atoms with Gasteiger partial charge in [-0.25, -0.2) is 15.0 Å². The largest absolute Gasteiger partial charge is 0.369 e. The van der Waals surface area contributed by atoms with Crippen molar-refractivity contribution in [3.63, 3.8) is 0 Å². The Morgan fingerprint density at radius 1 is 0.976 bits per heavy atom. The van der Waals surface area contributed by atoms with Crippen LogP contribution in [0.4, 0.5) is 17.6 Å². The second kappa shape index (κ2) is 12.2. The van der Waals surface area contributed by atoms with Crippen molar-refractivity contribution in [2.45, 2.75) is 26.7 Å². The molecule has 5 aromatic rings. The van der Waals surface area contributed by atoms with Gasteiger partial charge in [-0.3, -0.25) is 14.2 Å². The normalized spacial score (nSPS) is 11.2. The van der Waals surface area contributed by atoms with Crippen LogP contribution < -0.4 is 21.9 Å². The summed E-state index contributed by atoms with van der Waals surface area (Å²) in [5.74, 6) is 1.44. The molecule has 0 aliphatic rings. The number of amides is 1. The Balaban J connectivity index is 1.34. The molecule has 4 N–H and O–H groups in total. The van der Waals surface area contributed by atoms with Gasteiger partial charge in [0, 0.05) is 30.8 Å². The Kier molecular flexibility index (Phi) is 8.10. The van der Waals surface area contributed by atoms with Gasteiger partial charge in [0.2, 0.25) is 11.9 Å². The lowest BCUT2D eigenvalue weighted by molar-refractivity contribution is -0.111. The van der Waals surface area contributed by atoms with E-state index in [4.69, 9.17) is 10.7 Å². The molecule has 10 nitrogen and oxygen atoms in total. The average Bonchev–Trinajstić information content (AvgIpc) is 2.95. The van der Waals surface area contributed by atoms with E-state index < -0.39 is 0 Å². The van der Waals surface area contributed by atoms with Gasteiger partial charge in [0.1, 0.15) is 17.5 Å². The summed E-state index contributed by atoms with van der Waals surface area (Å²) in [6.07, 6.45) is 5.85. The Morgan fingerprint density at radius 3 is 2.56 bits per heavy atom. The van der Waals surface area contributed by atoms with E-state index in [-0.39, 0.29) is 17.4 Å². The average molecular weight is 547 g/mol. The maximum Gasteiger partial charge on any atom is 0.266 e. The van der Waals surface area contributed by atoms with Crippen molar-refractivity contribution in [3.8, 4) is 5.69 Å². The van der Waals surface area contributed by atoms with Crippen LogP contribution in [0.15, 0.2) is 83.8 Å². The number of anilines is 3. The second-order valence-electron chi connectivity index (χ2n) is 9.47. The van der Waals surface area contributed by atoms with Gasteiger partial charge in [0.05, 0.1) is 22.3 Å². The van der Waals surface area contributed by atoms with Crippen molar-refractivity contribution < 1.29 is 4.79 Å². The van der Waals surface area contributed by atoms with Crippen LogP contribution in [0.3, 0.4) is 0 Å². The van der Waals surface area contributed by atoms with Crippen molar-refractivity contribution in [2.75, 3.05) is 22.9 Å². The molecule has 2 aromatic carbocycles. The number of carbonyl (C=O) groups excluding carboxylic acids is 1. The molecule has 0 bridgehead atoms. The summed E-state index contributed by atoms with van der Waals surface area (Å²) in [5, 5.41) is 6.65. The molecule has 10 heteroatoms. The van der Waals surface area contributed by atoms with Gasteiger partial charge in [-0.05, 0) is 62.2 Å². The Bertz CT molecular complexity index is 1780. The van der Waals surface area contributed by atoms with E-state index in [2.05, 4.69) is 25.6 Å². The lowest BCUT2D eigenvalue weighted by atomic mass is 10.1. The van der Waals surface area contributed by atoms with E-state index in [1.165, 1.54) is 6.08 Å². The number of rotatable bonds is 9. The monoisotopic (exact) mass is 546 g/mol. The first-order valence-corrected chi connectivity index (χ1v) is 13.3. The van der Waals surface area contributed by atoms with Gasteiger partial charge in [-0.1, -0.05) is 36.4 Å². The van der Waals surface area contributed by atoms with E-state index in [0.717, 1.165) is 11.3 Å². The highest BCUT2D eigenvalue weighted by Crippen LogP contribution is 2.20. The summed E-state index contributed by atoms with van der Waals surface area (Å²) in [5.41, 5.74) is 9.47. The van der Waals surface area contributed by atoms with E-state index >= 15 is 0 Å². The molecule has 206 valence electrons. The molecule has 0 saturated heterocycles. The minimum absolute atomic E-state index is 0.0853. The van der Waals surface area contributed by atoms with Crippen LogP contribution in [0.1, 0.15) is 29.1 Å². The number of nitrogens with two attached hydrogens (primary N) is 1. The van der Waals surface area contributed by atoms with Crippen molar-refractivity contribution in [3.05, 3.63) is 112 Å². The molecule has 0 fully saturated rings. The number of nitrogens with zero attached hydrogens (tertiary/aromatic N) is 5. The Morgan fingerprint density at radius 2 is 1.78 bits per heavy atom. The number of hydrogen-bond donors (Lipinski definition) is 3. The smallest absolute Gasteiger partial charge is 0.266 e. The molecule has 0 radical (unpaired) electrons. The maximum absolute atomic E-state index is 13.6. The van der Waals surface area contributed by atoms with Gasteiger partial charge in [0.15, 0.2) is 0 Å². The SMILES string of the molecule is Cc1nc(N)nc(NCCCc2nc3cccc(C)c3c(=O)n2-c2ccccc2)c1/C=C/C(=O)Nc1ccccn1. The van der Waals surface area contributed by atoms with Gasteiger partial charge in [-0.15, -0.1) is 0 Å². The molecule has 3 aromatic heterocycles. The van der Waals surface area contributed by atoms with Crippen molar-refractivity contribution >= 4 is 40.5 Å². The summed E-state index contributed by atoms with van der Waals surface area (Å²) >= 11 is 0. The zero-order chi connectivity index (χ0) is 28.8. The van der Waals surface area contributed by atoms with Gasteiger partial charge >= 0.3 is 0 Å². The molecule has 0 unspecified atom stereocenters. The first-order chi connectivity index (χ1) is 19.9. The predicted molar refractivity (Wildman–Crippen MR) is 162 cm³/mol. The second-order valence-corrected chi connectivity index (χ2v) is 9.47. The van der Waals surface area contributed by atoms with Gasteiger partial charge < -0.3 is 16.4 Å². The van der Waals surface area contributed by atoms with Crippen LogP contribution in [-0.2, 0) is 11.2 Å². The number of aryl methyl sites for hydroxylation is 3. The highest BCUT2D eigenvalue weighted by molar-refractivity contribution is 6.01. The molecular formula is C31H30N8O2. The molecule has 41 heavy (non-hydrogen) atoms. The lowest BCUT2D eigenvalue weighted by Gasteiger charge is -2.15. The third-order valence-corrected chi connectivity index (χ3v) is 6.53. The van der Waals surface area contributed by atoms with Crippen LogP contribution in [0.25, 0.3) is 22.7 Å². The zero-order valence-electron chi connectivity index (χ0n) is 22.8. The minimum atomic E-state index is -0.331. The Hall–Kier alpha value is -5.38. The maximum atomic E-state index is 13.6. The third-order valence-electron chi connectivity index (χ3n) is 6.53. The zero-order valence-corrected chi connectivity index (χ0v) is 22.8. The summed E-state index contributed by atoms with van der Waals surface area (Å²) in [6, 6.07) is 20.5. The van der Waals surface area contributed by atoms with Crippen LogP contribution >= 0.6 is 0 Å². The quantitative estimate of drug-likeness (QED) is 0.182. The number of aromatic nitrogens is 5. The topological polar surface area (TPSA) is 141 Å². The minimum Gasteiger partial charge on any atom is -0.369 e. The standard InChI is InChI=1S/C31H30N8O2/c1-20-10-8-13-24-28(20)30(41)39(22-11-4-3-5-12-22)26(36-24)15-9-19-34-29-23(21(2)35-31(32)38-29)16-17-27(40)37-25-14-6-7-18-33-25/h3-8,10-14,16-18H,9,15,19H2,1-2H3,(H,33,37,40)(H3,32,34,35,38)/b17-16+. The molecule has 3 heterocycles. The van der Waals surface area contributed by atoms with E-state index in [0.29, 0.717) is 59.0 Å². The van der Waals surface area contributed by atoms with E-state index in [9.17, 15) is 9.59 Å². The first-order valence-electron chi connectivity index (χ1n) is 13.3. The number of nitrogen functional groups attached to an aromatic ring is 1. The number of hydrogen-bond acceptors (Lipinski definition) is 8. The van der Waals surface area contributed by atoms with Crippen LogP contribution in [0, 0.1) is 13.8 Å². The molecule has 0 saturated carbocycles. The summed E-state index contributed by atoms with van der Waals surface area (Å²) < 4.78 is 1.69. The summed E-state index contributed by atoms with van der Waals surface area (Å²) in [7, 11) is 0. The number of fused-ring (bicyclic) bond motifs is 1. The van der Waals surface area contributed by atoms with E-state index in [1.54, 1.807) is 42.0 Å². The van der Waals surface area contributed by atoms with E-state index in [1.807, 2.05) is 55.5 Å². The van der Waals surface area contributed by atoms with Crippen molar-refractivity contribution in [1.82, 2.24) is 24.5 Å². The first kappa shape index (κ1) is 27.2. The molecule has 5 rings (SSSR count). The molecule has 0 spiro atoms. The van der Waals surface area contributed by atoms with Crippen LogP contribution in [-0.4, -0.2) is 37.0 Å². The number of para-hydroxylation sites is 1. The molecule has 0 aliphatic carbocycles. The fraction of sp³-hybridized carbons (Fsp3) is 0.161. The van der Waals surface area contributed by atoms with Crippen molar-refractivity contribution in [2.24, 2.45) is 0 Å². The number of carbonyl (C=O) groups is 1. The Labute approximate surface area is 237 Å². The fourth-order valence-electron chi connectivity index (χ4n) is 4.61. The predicted octanol–water partition coefficient (Wildman–Crippen LogP) is 4.47. The number of nitrogens with one attached hydrogen (secondary N) is 2. The number of benzene rings is 2.